The summed E-state index contributed by atoms with van der Waals surface area (Å²) in [5.41, 5.74) is 2.18. The maximum Gasteiger partial charge on any atom is 0.0358 e. The maximum absolute atomic E-state index is 3.99. The van der Waals surface area contributed by atoms with Gasteiger partial charge >= 0.3 is 0 Å². The Labute approximate surface area is 82.4 Å². The molecule has 0 aliphatic heterocycles. The lowest BCUT2D eigenvalue weighted by atomic mass is 10.1. The second-order valence-corrected chi connectivity index (χ2v) is 3.35. The Morgan fingerprint density at radius 2 is 2.00 bits per heavy atom. The summed E-state index contributed by atoms with van der Waals surface area (Å²) < 4.78 is 0. The Bertz CT molecular complexity index is 199. The molecule has 0 fully saturated rings. The smallest absolute Gasteiger partial charge is 0.0358 e. The van der Waals surface area contributed by atoms with Crippen LogP contribution in [0.4, 0.5) is 0 Å². The highest BCUT2D eigenvalue weighted by Gasteiger charge is 1.99. The van der Waals surface area contributed by atoms with E-state index >= 15 is 0 Å². The number of allylic oxidation sites excluding steroid dienone is 2. The number of rotatable bonds is 6. The first-order valence-corrected chi connectivity index (χ1v) is 4.82. The van der Waals surface area contributed by atoms with E-state index in [-0.39, 0.29) is 0 Å². The topological polar surface area (TPSA) is 3.24 Å². The molecule has 0 rings (SSSR count). The van der Waals surface area contributed by atoms with Crippen molar-refractivity contribution in [1.82, 2.24) is 4.90 Å². The van der Waals surface area contributed by atoms with Gasteiger partial charge in [-0.25, -0.2) is 0 Å². The molecule has 0 aliphatic rings. The van der Waals surface area contributed by atoms with Crippen molar-refractivity contribution in [2.24, 2.45) is 0 Å². The Morgan fingerprint density at radius 1 is 1.38 bits per heavy atom. The van der Waals surface area contributed by atoms with E-state index in [2.05, 4.69) is 26.2 Å². The van der Waals surface area contributed by atoms with E-state index in [0.29, 0.717) is 0 Å². The number of likely N-dealkylation sites (N-methyl/N-ethyl adjacent to an activating group) is 1. The Kier molecular flexibility index (Phi) is 6.03. The third kappa shape index (κ3) is 4.56. The minimum atomic E-state index is 1.03. The first-order valence-electron chi connectivity index (χ1n) is 4.82. The zero-order valence-corrected chi connectivity index (χ0v) is 9.14. The molecule has 0 aromatic heterocycles. The van der Waals surface area contributed by atoms with Crippen LogP contribution in [0, 0.1) is 0 Å². The average Bonchev–Trinajstić information content (AvgIpc) is 2.11. The third-order valence-corrected chi connectivity index (χ3v) is 2.01. The monoisotopic (exact) mass is 179 g/mol. The van der Waals surface area contributed by atoms with Gasteiger partial charge in [-0.1, -0.05) is 45.1 Å². The largest absolute Gasteiger partial charge is 0.378 e. The van der Waals surface area contributed by atoms with Crippen molar-refractivity contribution in [2.75, 3.05) is 14.1 Å². The van der Waals surface area contributed by atoms with E-state index in [9.17, 15) is 0 Å². The molecular weight excluding hydrogens is 158 g/mol. The normalized spacial score (nSPS) is 11.2. The summed E-state index contributed by atoms with van der Waals surface area (Å²) in [5.74, 6) is 0. The van der Waals surface area contributed by atoms with Gasteiger partial charge in [0.2, 0.25) is 0 Å². The van der Waals surface area contributed by atoms with Crippen LogP contribution in [0.2, 0.25) is 0 Å². The summed E-state index contributed by atoms with van der Waals surface area (Å²) in [6, 6.07) is 0. The highest BCUT2D eigenvalue weighted by Crippen LogP contribution is 2.12. The summed E-state index contributed by atoms with van der Waals surface area (Å²) in [5, 5.41) is 0. The quantitative estimate of drug-likeness (QED) is 0.446. The molecule has 0 unspecified atom stereocenters. The number of hydrogen-bond donors (Lipinski definition) is 0. The molecule has 0 bridgehead atoms. The molecule has 1 heteroatoms. The van der Waals surface area contributed by atoms with E-state index in [1.165, 1.54) is 12.8 Å². The van der Waals surface area contributed by atoms with Crippen LogP contribution in [0.1, 0.15) is 26.2 Å². The van der Waals surface area contributed by atoms with E-state index < -0.39 is 0 Å². The molecule has 0 N–H and O–H groups in total. The van der Waals surface area contributed by atoms with E-state index in [1.807, 2.05) is 25.1 Å². The van der Waals surface area contributed by atoms with Crippen LogP contribution in [0.3, 0.4) is 0 Å². The molecule has 0 spiro atoms. The first kappa shape index (κ1) is 12.0. The molecule has 1 nitrogen and oxygen atoms in total. The summed E-state index contributed by atoms with van der Waals surface area (Å²) in [4.78, 5) is 2.01. The summed E-state index contributed by atoms with van der Waals surface area (Å²) >= 11 is 0. The molecule has 0 aromatic rings. The predicted octanol–water partition coefficient (Wildman–Crippen LogP) is 3.36. The maximum atomic E-state index is 3.99. The lowest BCUT2D eigenvalue weighted by Crippen LogP contribution is -2.10. The van der Waals surface area contributed by atoms with Crippen molar-refractivity contribution in [1.29, 1.82) is 0 Å². The van der Waals surface area contributed by atoms with Crippen molar-refractivity contribution >= 4 is 0 Å². The summed E-state index contributed by atoms with van der Waals surface area (Å²) in [6.07, 6.45) is 7.66. The lowest BCUT2D eigenvalue weighted by molar-refractivity contribution is 0.526. The van der Waals surface area contributed by atoms with Crippen molar-refractivity contribution < 1.29 is 0 Å². The number of nitrogens with zero attached hydrogens (tertiary/aromatic N) is 1. The lowest BCUT2D eigenvalue weighted by Gasteiger charge is -2.16. The third-order valence-electron chi connectivity index (χ3n) is 2.01. The molecule has 0 saturated heterocycles. The van der Waals surface area contributed by atoms with Crippen LogP contribution >= 0.6 is 0 Å². The van der Waals surface area contributed by atoms with Gasteiger partial charge in [0.1, 0.15) is 0 Å². The van der Waals surface area contributed by atoms with Gasteiger partial charge in [0.05, 0.1) is 0 Å². The molecule has 0 heterocycles. The predicted molar refractivity (Wildman–Crippen MR) is 60.6 cm³/mol. The molecule has 0 atom stereocenters. The van der Waals surface area contributed by atoms with Gasteiger partial charge in [-0.15, -0.1) is 0 Å². The van der Waals surface area contributed by atoms with Crippen molar-refractivity contribution in [2.45, 2.75) is 26.2 Å². The summed E-state index contributed by atoms with van der Waals surface area (Å²) in [7, 11) is 4.00. The Balaban J connectivity index is 4.23. The van der Waals surface area contributed by atoms with Gasteiger partial charge in [-0.2, -0.15) is 0 Å². The van der Waals surface area contributed by atoms with E-state index in [0.717, 1.165) is 17.7 Å². The molecule has 13 heavy (non-hydrogen) atoms. The molecule has 0 aromatic carbocycles. The summed E-state index contributed by atoms with van der Waals surface area (Å²) in [6.45, 7) is 9.97. The van der Waals surface area contributed by atoms with Gasteiger partial charge in [-0.3, -0.25) is 0 Å². The molecule has 0 saturated carbocycles. The highest BCUT2D eigenvalue weighted by molar-refractivity contribution is 5.35. The number of hydrogen-bond acceptors (Lipinski definition) is 1. The van der Waals surface area contributed by atoms with E-state index in [4.69, 9.17) is 0 Å². The van der Waals surface area contributed by atoms with Crippen LogP contribution in [-0.2, 0) is 0 Å². The second-order valence-electron chi connectivity index (χ2n) is 3.35. The van der Waals surface area contributed by atoms with Crippen molar-refractivity contribution in [3.05, 3.63) is 36.6 Å². The molecular formula is C12H21N. The van der Waals surface area contributed by atoms with Gasteiger partial charge in [0, 0.05) is 19.8 Å². The SMILES string of the molecule is C=C/C(=C/CCCC)C(=C)N(C)C. The Hall–Kier alpha value is -0.980. The highest BCUT2D eigenvalue weighted by atomic mass is 15.1. The van der Waals surface area contributed by atoms with Crippen molar-refractivity contribution in [3.8, 4) is 0 Å². The minimum absolute atomic E-state index is 1.03. The zero-order valence-electron chi connectivity index (χ0n) is 9.14. The standard InChI is InChI=1S/C12H21N/c1-6-8-9-10-12(7-2)11(3)13(4)5/h7,10H,2-3,6,8-9H2,1,4-5H3/b12-10-. The molecule has 0 radical (unpaired) electrons. The fourth-order valence-electron chi connectivity index (χ4n) is 1.04. The van der Waals surface area contributed by atoms with Crippen LogP contribution in [0.15, 0.2) is 36.6 Å². The molecule has 0 aliphatic carbocycles. The Morgan fingerprint density at radius 3 is 2.38 bits per heavy atom. The molecule has 74 valence electrons. The van der Waals surface area contributed by atoms with Gasteiger partial charge in [0.25, 0.3) is 0 Å². The van der Waals surface area contributed by atoms with Gasteiger partial charge in [0.15, 0.2) is 0 Å². The number of unbranched alkanes of at least 4 members (excludes halogenated alkanes) is 2. The fraction of sp³-hybridized carbons (Fsp3) is 0.500. The average molecular weight is 179 g/mol. The van der Waals surface area contributed by atoms with E-state index in [1.54, 1.807) is 0 Å². The minimum Gasteiger partial charge on any atom is -0.378 e. The fourth-order valence-corrected chi connectivity index (χ4v) is 1.04. The van der Waals surface area contributed by atoms with Crippen molar-refractivity contribution in [3.63, 3.8) is 0 Å². The second kappa shape index (κ2) is 6.53. The van der Waals surface area contributed by atoms with Gasteiger partial charge < -0.3 is 4.90 Å². The van der Waals surface area contributed by atoms with Crippen LogP contribution in [-0.4, -0.2) is 19.0 Å². The van der Waals surface area contributed by atoms with Crippen LogP contribution in [0.25, 0.3) is 0 Å². The van der Waals surface area contributed by atoms with Gasteiger partial charge in [-0.05, 0) is 12.0 Å². The zero-order chi connectivity index (χ0) is 10.3. The van der Waals surface area contributed by atoms with Crippen LogP contribution in [0.5, 0.6) is 0 Å². The molecule has 0 amide bonds. The van der Waals surface area contributed by atoms with Crippen LogP contribution < -0.4 is 0 Å². The first-order chi connectivity index (χ1) is 6.13.